The van der Waals surface area contributed by atoms with Crippen molar-refractivity contribution in [1.29, 1.82) is 0 Å². The van der Waals surface area contributed by atoms with Crippen molar-refractivity contribution in [2.45, 2.75) is 44.9 Å². The van der Waals surface area contributed by atoms with Crippen molar-refractivity contribution in [3.8, 4) is 0 Å². The van der Waals surface area contributed by atoms with Gasteiger partial charge in [0.1, 0.15) is 5.60 Å². The topological polar surface area (TPSA) is 50.4 Å². The number of hydrogen-bond donors (Lipinski definition) is 2. The first-order valence-electron chi connectivity index (χ1n) is 5.85. The van der Waals surface area contributed by atoms with Gasteiger partial charge >= 0.3 is 6.09 Å². The quantitative estimate of drug-likeness (QED) is 0.662. The van der Waals surface area contributed by atoms with E-state index in [9.17, 15) is 4.79 Å². The third-order valence-corrected chi connectivity index (χ3v) is 2.93. The summed E-state index contributed by atoms with van der Waals surface area (Å²) >= 11 is 0. The Labute approximate surface area is 96.4 Å². The first-order chi connectivity index (χ1) is 7.44. The van der Waals surface area contributed by atoms with Gasteiger partial charge in [-0.15, -0.1) is 0 Å². The smallest absolute Gasteiger partial charge is 0.407 e. The maximum Gasteiger partial charge on any atom is 0.407 e. The van der Waals surface area contributed by atoms with Crippen molar-refractivity contribution in [1.82, 2.24) is 10.6 Å². The highest BCUT2D eigenvalue weighted by Crippen LogP contribution is 2.23. The van der Waals surface area contributed by atoms with Crippen LogP contribution in [0.5, 0.6) is 0 Å². The first-order valence-corrected chi connectivity index (χ1v) is 5.85. The molecule has 4 heteroatoms. The maximum atomic E-state index is 11.6. The van der Waals surface area contributed by atoms with E-state index in [1.165, 1.54) is 0 Å². The molecule has 1 fully saturated rings. The molecule has 2 N–H and O–H groups in total. The number of amides is 1. The van der Waals surface area contributed by atoms with E-state index >= 15 is 0 Å². The number of nitrogens with one attached hydrogen (secondary N) is 2. The van der Waals surface area contributed by atoms with E-state index < -0.39 is 5.60 Å². The predicted octanol–water partition coefficient (Wildman–Crippen LogP) is 1.43. The van der Waals surface area contributed by atoms with Gasteiger partial charge in [-0.2, -0.15) is 0 Å². The van der Waals surface area contributed by atoms with E-state index in [-0.39, 0.29) is 12.1 Å². The Hall–Kier alpha value is -1.03. The van der Waals surface area contributed by atoms with Crippen LogP contribution >= 0.6 is 0 Å². The molecule has 0 radical (unpaired) electrons. The van der Waals surface area contributed by atoms with Crippen LogP contribution in [0, 0.1) is 5.92 Å². The molecular weight excluding hydrogens is 204 g/mol. The minimum Gasteiger partial charge on any atom is -0.444 e. The maximum absolute atomic E-state index is 11.6. The van der Waals surface area contributed by atoms with Crippen LogP contribution in [0.2, 0.25) is 0 Å². The number of carbonyl (C=O) groups excluding carboxylic acids is 1. The fourth-order valence-corrected chi connectivity index (χ4v) is 2.21. The number of alkyl carbamates (subject to hydrolysis) is 1. The molecule has 2 aliphatic heterocycles. The summed E-state index contributed by atoms with van der Waals surface area (Å²) in [4.78, 5) is 11.6. The minimum absolute atomic E-state index is 0.214. The zero-order valence-corrected chi connectivity index (χ0v) is 10.1. The Morgan fingerprint density at radius 2 is 2.19 bits per heavy atom. The molecule has 0 spiro atoms. The number of piperidine rings is 1. The van der Waals surface area contributed by atoms with Crippen LogP contribution in [-0.2, 0) is 4.74 Å². The van der Waals surface area contributed by atoms with Crippen LogP contribution in [0.25, 0.3) is 0 Å². The lowest BCUT2D eigenvalue weighted by Gasteiger charge is -2.39. The van der Waals surface area contributed by atoms with Crippen molar-refractivity contribution in [3.05, 3.63) is 12.2 Å². The molecule has 0 aromatic rings. The Balaban J connectivity index is 1.87. The molecular formula is C12H20N2O2. The molecule has 3 atom stereocenters. The lowest BCUT2D eigenvalue weighted by Crippen LogP contribution is -2.55. The SMILES string of the molecule is CC(C)(C)OC(=O)NC1CC2C=CC1CN2. The summed E-state index contributed by atoms with van der Waals surface area (Å²) in [7, 11) is 0. The van der Waals surface area contributed by atoms with Crippen molar-refractivity contribution in [3.63, 3.8) is 0 Å². The average Bonchev–Trinajstić information content (AvgIpc) is 2.16. The average molecular weight is 224 g/mol. The molecule has 2 bridgehead atoms. The van der Waals surface area contributed by atoms with E-state index in [2.05, 4.69) is 22.8 Å². The van der Waals surface area contributed by atoms with Crippen LogP contribution < -0.4 is 10.6 Å². The van der Waals surface area contributed by atoms with Gasteiger partial charge in [-0.05, 0) is 27.2 Å². The van der Waals surface area contributed by atoms with E-state index in [1.54, 1.807) is 0 Å². The summed E-state index contributed by atoms with van der Waals surface area (Å²) in [6.07, 6.45) is 5.02. The number of rotatable bonds is 1. The van der Waals surface area contributed by atoms with Gasteiger partial charge in [0.25, 0.3) is 0 Å². The van der Waals surface area contributed by atoms with Gasteiger partial charge in [0.15, 0.2) is 0 Å². The standard InChI is InChI=1S/C12H20N2O2/c1-12(2,3)16-11(15)14-10-6-9-5-4-8(10)7-13-9/h4-5,8-10,13H,6-7H2,1-3H3,(H,14,15). The number of hydrogen-bond acceptors (Lipinski definition) is 3. The van der Waals surface area contributed by atoms with Gasteiger partial charge in [0.2, 0.25) is 0 Å². The fraction of sp³-hybridized carbons (Fsp3) is 0.750. The third kappa shape index (κ3) is 2.76. The number of ether oxygens (including phenoxy) is 1. The van der Waals surface area contributed by atoms with Crippen LogP contribution in [0.4, 0.5) is 4.79 Å². The predicted molar refractivity (Wildman–Crippen MR) is 62.2 cm³/mol. The molecule has 0 aromatic carbocycles. The lowest BCUT2D eigenvalue weighted by molar-refractivity contribution is 0.0475. The van der Waals surface area contributed by atoms with Gasteiger partial charge in [0, 0.05) is 24.5 Å². The normalized spacial score (nSPS) is 32.6. The molecule has 3 aliphatic rings. The lowest BCUT2D eigenvalue weighted by atomic mass is 9.83. The molecule has 2 heterocycles. The van der Waals surface area contributed by atoms with Gasteiger partial charge in [-0.25, -0.2) is 4.79 Å². The second-order valence-electron chi connectivity index (χ2n) is 5.55. The van der Waals surface area contributed by atoms with Crippen LogP contribution in [0.1, 0.15) is 27.2 Å². The van der Waals surface area contributed by atoms with Crippen LogP contribution in [-0.4, -0.2) is 30.3 Å². The Morgan fingerprint density at radius 1 is 1.44 bits per heavy atom. The first kappa shape index (κ1) is 11.5. The van der Waals surface area contributed by atoms with Crippen molar-refractivity contribution >= 4 is 6.09 Å². The monoisotopic (exact) mass is 224 g/mol. The zero-order valence-electron chi connectivity index (χ0n) is 10.1. The molecule has 16 heavy (non-hydrogen) atoms. The highest BCUT2D eigenvalue weighted by Gasteiger charge is 2.33. The zero-order chi connectivity index (χ0) is 11.8. The van der Waals surface area contributed by atoms with E-state index in [0.29, 0.717) is 12.0 Å². The molecule has 1 aliphatic carbocycles. The highest BCUT2D eigenvalue weighted by atomic mass is 16.6. The Morgan fingerprint density at radius 3 is 2.62 bits per heavy atom. The van der Waals surface area contributed by atoms with E-state index in [4.69, 9.17) is 4.74 Å². The molecule has 0 aromatic heterocycles. The largest absolute Gasteiger partial charge is 0.444 e. The summed E-state index contributed by atoms with van der Waals surface area (Å²) in [5.41, 5.74) is -0.425. The Kier molecular flexibility index (Phi) is 2.93. The van der Waals surface area contributed by atoms with Crippen molar-refractivity contribution < 1.29 is 9.53 Å². The molecule has 4 nitrogen and oxygen atoms in total. The van der Waals surface area contributed by atoms with Crippen molar-refractivity contribution in [2.24, 2.45) is 5.92 Å². The third-order valence-electron chi connectivity index (χ3n) is 2.93. The number of carbonyl (C=O) groups is 1. The molecule has 3 rings (SSSR count). The molecule has 90 valence electrons. The van der Waals surface area contributed by atoms with Gasteiger partial charge in [-0.3, -0.25) is 0 Å². The summed E-state index contributed by atoms with van der Waals surface area (Å²) < 4.78 is 5.25. The van der Waals surface area contributed by atoms with Crippen LogP contribution in [0.3, 0.4) is 0 Å². The second-order valence-corrected chi connectivity index (χ2v) is 5.55. The van der Waals surface area contributed by atoms with E-state index in [1.807, 2.05) is 20.8 Å². The molecule has 1 saturated heterocycles. The highest BCUT2D eigenvalue weighted by molar-refractivity contribution is 5.68. The summed E-state index contributed by atoms with van der Waals surface area (Å²) in [5, 5.41) is 6.35. The van der Waals surface area contributed by atoms with E-state index in [0.717, 1.165) is 13.0 Å². The minimum atomic E-state index is -0.425. The number of fused-ring (bicyclic) bond motifs is 2. The van der Waals surface area contributed by atoms with Gasteiger partial charge in [0.05, 0.1) is 0 Å². The summed E-state index contributed by atoms with van der Waals surface area (Å²) in [5.74, 6) is 0.400. The van der Waals surface area contributed by atoms with Gasteiger partial charge < -0.3 is 15.4 Å². The summed E-state index contributed by atoms with van der Waals surface area (Å²) in [6.45, 7) is 6.57. The fourth-order valence-electron chi connectivity index (χ4n) is 2.21. The second kappa shape index (κ2) is 4.09. The molecule has 3 unspecified atom stereocenters. The molecule has 1 amide bonds. The Bertz CT molecular complexity index is 307. The molecule has 0 saturated carbocycles. The van der Waals surface area contributed by atoms with Crippen molar-refractivity contribution in [2.75, 3.05) is 6.54 Å². The summed E-state index contributed by atoms with van der Waals surface area (Å²) in [6, 6.07) is 0.621. The van der Waals surface area contributed by atoms with Crippen LogP contribution in [0.15, 0.2) is 12.2 Å². The van der Waals surface area contributed by atoms with Gasteiger partial charge in [-0.1, -0.05) is 12.2 Å².